The Morgan fingerprint density at radius 3 is 2.60 bits per heavy atom. The highest BCUT2D eigenvalue weighted by atomic mass is 35.5. The van der Waals surface area contributed by atoms with Crippen molar-refractivity contribution in [1.29, 1.82) is 0 Å². The van der Waals surface area contributed by atoms with Gasteiger partial charge in [-0.25, -0.2) is 4.39 Å². The largest absolute Gasteiger partial charge is 0.494 e. The smallest absolute Gasteiger partial charge is 0.119 e. The highest BCUT2D eigenvalue weighted by molar-refractivity contribution is 5.85. The normalized spacial score (nSPS) is 16.7. The number of piperazine rings is 1. The summed E-state index contributed by atoms with van der Waals surface area (Å²) in [4.78, 5) is 2.20. The summed E-state index contributed by atoms with van der Waals surface area (Å²) in [6.45, 7) is 5.90. The molecule has 1 fully saturated rings. The van der Waals surface area contributed by atoms with Gasteiger partial charge in [0.1, 0.15) is 12.4 Å². The van der Waals surface area contributed by atoms with E-state index >= 15 is 0 Å². The van der Waals surface area contributed by atoms with E-state index in [1.54, 1.807) is 0 Å². The molecule has 3 nitrogen and oxygen atoms in total. The fourth-order valence-electron chi connectivity index (χ4n) is 2.37. The van der Waals surface area contributed by atoms with Gasteiger partial charge in [-0.3, -0.25) is 4.90 Å². The second-order valence-corrected chi connectivity index (χ2v) is 4.46. The Morgan fingerprint density at radius 1 is 1.30 bits per heavy atom. The van der Waals surface area contributed by atoms with E-state index in [0.29, 0.717) is 6.61 Å². The predicted molar refractivity (Wildman–Crippen MR) is 85.3 cm³/mol. The molecule has 0 saturated carbocycles. The zero-order valence-corrected chi connectivity index (χ0v) is 13.3. The first-order valence-electron chi connectivity index (χ1n) is 6.58. The van der Waals surface area contributed by atoms with Crippen molar-refractivity contribution in [2.45, 2.75) is 13.0 Å². The molecule has 1 heterocycles. The van der Waals surface area contributed by atoms with Crippen LogP contribution >= 0.6 is 24.8 Å². The fourth-order valence-corrected chi connectivity index (χ4v) is 2.37. The predicted octanol–water partition coefficient (Wildman–Crippen LogP) is 2.84. The van der Waals surface area contributed by atoms with Crippen LogP contribution in [-0.2, 0) is 0 Å². The van der Waals surface area contributed by atoms with E-state index in [2.05, 4.69) is 10.2 Å². The number of benzene rings is 1. The molecule has 1 N–H and O–H groups in total. The van der Waals surface area contributed by atoms with Gasteiger partial charge in [0.25, 0.3) is 0 Å². The maximum absolute atomic E-state index is 13.3. The molecule has 1 aliphatic rings. The van der Waals surface area contributed by atoms with Crippen LogP contribution in [0.3, 0.4) is 0 Å². The summed E-state index contributed by atoms with van der Waals surface area (Å²) in [5, 5.41) is 3.29. The van der Waals surface area contributed by atoms with E-state index in [9.17, 15) is 4.39 Å². The zero-order valence-electron chi connectivity index (χ0n) is 11.7. The van der Waals surface area contributed by atoms with Gasteiger partial charge in [0.2, 0.25) is 0 Å². The Morgan fingerprint density at radius 2 is 2.00 bits per heavy atom. The molecular formula is C14H23Cl2FN2O. The molecule has 0 spiro atoms. The van der Waals surface area contributed by atoms with Crippen molar-refractivity contribution in [2.75, 3.05) is 39.5 Å². The van der Waals surface area contributed by atoms with Crippen LogP contribution in [0.2, 0.25) is 0 Å². The van der Waals surface area contributed by atoms with Crippen LogP contribution < -0.4 is 10.1 Å². The van der Waals surface area contributed by atoms with Crippen molar-refractivity contribution in [3.63, 3.8) is 0 Å². The molecule has 0 unspecified atom stereocenters. The van der Waals surface area contributed by atoms with E-state index in [1.165, 1.54) is 0 Å². The number of alkyl halides is 1. The van der Waals surface area contributed by atoms with Crippen molar-refractivity contribution in [1.82, 2.24) is 10.2 Å². The van der Waals surface area contributed by atoms with E-state index in [0.717, 1.165) is 37.5 Å². The molecule has 6 heteroatoms. The third-order valence-corrected chi connectivity index (χ3v) is 3.29. The van der Waals surface area contributed by atoms with Crippen LogP contribution in [0.1, 0.15) is 18.5 Å². The number of halogens is 3. The number of nitrogens with zero attached hydrogens (tertiary/aromatic N) is 1. The first kappa shape index (κ1) is 19.4. The maximum Gasteiger partial charge on any atom is 0.119 e. The molecule has 0 aromatic heterocycles. The van der Waals surface area contributed by atoms with Gasteiger partial charge < -0.3 is 10.1 Å². The molecule has 116 valence electrons. The summed E-state index contributed by atoms with van der Waals surface area (Å²) >= 11 is 0. The molecule has 1 saturated heterocycles. The highest BCUT2D eigenvalue weighted by Gasteiger charge is 2.22. The van der Waals surface area contributed by atoms with Gasteiger partial charge in [-0.15, -0.1) is 24.8 Å². The molecule has 1 aromatic rings. The molecule has 1 aromatic carbocycles. The molecule has 2 rings (SSSR count). The van der Waals surface area contributed by atoms with E-state index in [4.69, 9.17) is 4.74 Å². The van der Waals surface area contributed by atoms with Crippen LogP contribution in [0.4, 0.5) is 4.39 Å². The molecule has 0 aliphatic carbocycles. The number of hydrogen-bond donors (Lipinski definition) is 1. The molecular weight excluding hydrogens is 302 g/mol. The molecule has 1 aliphatic heterocycles. The van der Waals surface area contributed by atoms with Crippen LogP contribution in [0.15, 0.2) is 24.3 Å². The third-order valence-electron chi connectivity index (χ3n) is 3.29. The standard InChI is InChI=1S/C14H21FN2O.2ClH/c1-2-18-13-5-3-4-12(10-13)14(11-15)17-8-6-16-7-9-17;;/h3-5,10,14,16H,2,6-9,11H2,1H3;2*1H/t14-;;/m1../s1. The molecule has 0 radical (unpaired) electrons. The maximum atomic E-state index is 13.3. The van der Waals surface area contributed by atoms with Gasteiger partial charge in [-0.1, -0.05) is 12.1 Å². The lowest BCUT2D eigenvalue weighted by Crippen LogP contribution is -2.45. The SMILES string of the molecule is CCOc1cccc([C@@H](CF)N2CCNCC2)c1.Cl.Cl. The van der Waals surface area contributed by atoms with Gasteiger partial charge in [-0.05, 0) is 24.6 Å². The second kappa shape index (κ2) is 10.2. The highest BCUT2D eigenvalue weighted by Crippen LogP contribution is 2.25. The average Bonchev–Trinajstić information content (AvgIpc) is 2.42. The van der Waals surface area contributed by atoms with Gasteiger partial charge in [0.05, 0.1) is 12.6 Å². The summed E-state index contributed by atoms with van der Waals surface area (Å²) in [7, 11) is 0. The Bertz CT molecular complexity index is 376. The van der Waals surface area contributed by atoms with E-state index in [-0.39, 0.29) is 37.5 Å². The van der Waals surface area contributed by atoms with Crippen LogP contribution in [-0.4, -0.2) is 44.4 Å². The number of nitrogens with one attached hydrogen (secondary N) is 1. The second-order valence-electron chi connectivity index (χ2n) is 4.46. The van der Waals surface area contributed by atoms with E-state index < -0.39 is 0 Å². The summed E-state index contributed by atoms with van der Waals surface area (Å²) in [6, 6.07) is 7.64. The average molecular weight is 325 g/mol. The van der Waals surface area contributed by atoms with Gasteiger partial charge >= 0.3 is 0 Å². The molecule has 0 amide bonds. The first-order valence-corrected chi connectivity index (χ1v) is 6.58. The lowest BCUT2D eigenvalue weighted by Gasteiger charge is -2.33. The first-order chi connectivity index (χ1) is 8.85. The van der Waals surface area contributed by atoms with Crippen molar-refractivity contribution in [2.24, 2.45) is 0 Å². The minimum absolute atomic E-state index is 0. The Labute approximate surface area is 132 Å². The minimum atomic E-state index is -0.352. The van der Waals surface area contributed by atoms with E-state index in [1.807, 2.05) is 31.2 Å². The summed E-state index contributed by atoms with van der Waals surface area (Å²) < 4.78 is 18.8. The van der Waals surface area contributed by atoms with Gasteiger partial charge in [0.15, 0.2) is 0 Å². The summed E-state index contributed by atoms with van der Waals surface area (Å²) in [6.07, 6.45) is 0. The van der Waals surface area contributed by atoms with Crippen LogP contribution in [0.25, 0.3) is 0 Å². The summed E-state index contributed by atoms with van der Waals surface area (Å²) in [5.74, 6) is 0.823. The monoisotopic (exact) mass is 324 g/mol. The zero-order chi connectivity index (χ0) is 12.8. The van der Waals surface area contributed by atoms with Crippen LogP contribution in [0, 0.1) is 0 Å². The fraction of sp³-hybridized carbons (Fsp3) is 0.571. The Hall–Kier alpha value is -0.550. The van der Waals surface area contributed by atoms with Crippen molar-refractivity contribution < 1.29 is 9.13 Å². The van der Waals surface area contributed by atoms with Crippen molar-refractivity contribution >= 4 is 24.8 Å². The van der Waals surface area contributed by atoms with Crippen molar-refractivity contribution in [3.8, 4) is 5.75 Å². The minimum Gasteiger partial charge on any atom is -0.494 e. The molecule has 1 atom stereocenters. The number of hydrogen-bond acceptors (Lipinski definition) is 3. The topological polar surface area (TPSA) is 24.5 Å². The van der Waals surface area contributed by atoms with Crippen molar-refractivity contribution in [3.05, 3.63) is 29.8 Å². The Kier molecular flexibility index (Phi) is 9.94. The van der Waals surface area contributed by atoms with Gasteiger partial charge in [0, 0.05) is 26.2 Å². The van der Waals surface area contributed by atoms with Gasteiger partial charge in [-0.2, -0.15) is 0 Å². The quantitative estimate of drug-likeness (QED) is 0.901. The molecule has 0 bridgehead atoms. The lowest BCUT2D eigenvalue weighted by molar-refractivity contribution is 0.147. The number of ether oxygens (including phenoxy) is 1. The third kappa shape index (κ3) is 5.09. The Balaban J connectivity index is 0.00000180. The summed E-state index contributed by atoms with van der Waals surface area (Å²) in [5.41, 5.74) is 1.00. The lowest BCUT2D eigenvalue weighted by atomic mass is 10.1. The number of rotatable bonds is 5. The molecule has 20 heavy (non-hydrogen) atoms. The van der Waals surface area contributed by atoms with Crippen LogP contribution in [0.5, 0.6) is 5.75 Å².